The Morgan fingerprint density at radius 3 is 1.32 bits per heavy atom. The number of hydrogen-bond acceptors (Lipinski definition) is 7. The summed E-state index contributed by atoms with van der Waals surface area (Å²) in [6.07, 6.45) is 0. The van der Waals surface area contributed by atoms with Gasteiger partial charge in [-0.1, -0.05) is 224 Å². The quantitative estimate of drug-likeness (QED) is 0.120. The summed E-state index contributed by atoms with van der Waals surface area (Å²) in [5.41, 5.74) is 23.9. The molecule has 0 N–H and O–H groups in total. The van der Waals surface area contributed by atoms with Crippen LogP contribution in [-0.4, -0.2) is 6.71 Å². The van der Waals surface area contributed by atoms with Crippen LogP contribution in [0.2, 0.25) is 0 Å². The molecule has 6 nitrogen and oxygen atoms in total. The molecule has 4 heterocycles. The van der Waals surface area contributed by atoms with Crippen LogP contribution in [0.5, 0.6) is 0 Å². The van der Waals surface area contributed by atoms with Crippen LogP contribution in [0.25, 0.3) is 63.7 Å². The summed E-state index contributed by atoms with van der Waals surface area (Å²) in [6, 6.07) is 122. The Bertz CT molecular complexity index is 6100. The van der Waals surface area contributed by atoms with E-state index < -0.39 is 0 Å². The number of rotatable bonds is 11. The predicted octanol–water partition coefficient (Wildman–Crippen LogP) is 25.3. The molecule has 488 valence electrons. The number of furan rings is 1. The number of anilines is 15. The molecule has 0 saturated carbocycles. The van der Waals surface area contributed by atoms with E-state index in [4.69, 9.17) is 4.42 Å². The Morgan fingerprint density at radius 1 is 0.314 bits per heavy atom. The van der Waals surface area contributed by atoms with Crippen LogP contribution in [0.3, 0.4) is 0 Å². The first-order valence-electron chi connectivity index (χ1n) is 35.4. The molecular formula is C94H72BN5OS. The zero-order valence-electron chi connectivity index (χ0n) is 57.8. The fraction of sp³-hybridized carbons (Fsp3) is 0.0851. The highest BCUT2D eigenvalue weighted by molar-refractivity contribution is 7.28. The SMILES string of the molecule is CC(C)(C)c1ccc(N2c3cc(N(c4ccc5ccccc5c4)c4ccc5oc6ccccc6c5c4)ccc3B3c4c2cc(N(c2ccccc2)c2ccc5ccccc5c2)cc4N(c2ccc(C(C)(C)C)cc2)c2cc(N(c4ccccc4)c4ccccc4)c4c(sc5ccccc54)c23)cc1. The minimum atomic E-state index is -0.279. The second kappa shape index (κ2) is 23.8. The third kappa shape index (κ3) is 10.1. The third-order valence-corrected chi connectivity index (χ3v) is 22.2. The van der Waals surface area contributed by atoms with Crippen molar-refractivity contribution in [1.82, 2.24) is 0 Å². The van der Waals surface area contributed by atoms with Gasteiger partial charge in [-0.3, -0.25) is 0 Å². The van der Waals surface area contributed by atoms with E-state index >= 15 is 0 Å². The van der Waals surface area contributed by atoms with Gasteiger partial charge in [0.15, 0.2) is 0 Å². The van der Waals surface area contributed by atoms with Gasteiger partial charge in [-0.05, 0) is 205 Å². The lowest BCUT2D eigenvalue weighted by molar-refractivity contribution is 0.590. The summed E-state index contributed by atoms with van der Waals surface area (Å²) in [7, 11) is 0. The molecule has 2 aliphatic rings. The minimum Gasteiger partial charge on any atom is -0.456 e. The van der Waals surface area contributed by atoms with Crippen molar-refractivity contribution in [2.45, 2.75) is 52.4 Å². The van der Waals surface area contributed by atoms with Crippen LogP contribution in [0.1, 0.15) is 52.7 Å². The van der Waals surface area contributed by atoms with Gasteiger partial charge in [0.05, 0.1) is 11.4 Å². The molecule has 0 aliphatic carbocycles. The summed E-state index contributed by atoms with van der Waals surface area (Å²) in [6.45, 7) is 13.6. The second-order valence-electron chi connectivity index (χ2n) is 29.3. The monoisotopic (exact) mass is 1330 g/mol. The summed E-state index contributed by atoms with van der Waals surface area (Å²) in [5, 5.41) is 9.31. The Morgan fingerprint density at radius 2 is 0.745 bits per heavy atom. The van der Waals surface area contributed by atoms with Gasteiger partial charge in [-0.15, -0.1) is 11.3 Å². The maximum absolute atomic E-state index is 6.56. The first-order valence-corrected chi connectivity index (χ1v) is 36.2. The largest absolute Gasteiger partial charge is 0.456 e. The standard InChI is InChI=1S/C94H72BN5OS/c1-93(2,3)65-40-46-70(47-41-65)99-81-57-75(97(73-45-39-62-25-17-19-27-64(62)55-73)74-51-53-87-79(56-74)77-34-20-22-36-86(77)101-87)50-52-80(81)95-90-83(99)58-76(96(67-28-10-7-11-29-67)72-44-38-61-24-16-18-26-63(61)54-72)59-84(90)100(71-48-42-66(43-49-71)94(4,5)6)85-60-82(89-78-35-21-23-37-88(78)102-92(89)91(85)95)98(68-30-12-8-13-31-68)69-32-14-9-15-33-69/h7-60H,1-6H3. The average Bonchev–Trinajstić information content (AvgIpc) is 1.02. The Labute approximate surface area is 599 Å². The third-order valence-electron chi connectivity index (χ3n) is 21.0. The molecule has 0 amide bonds. The number of fused-ring (bicyclic) bond motifs is 13. The van der Waals surface area contributed by atoms with Crippen molar-refractivity contribution >= 4 is 183 Å². The number of para-hydroxylation sites is 4. The number of thiophene rings is 1. The highest BCUT2D eigenvalue weighted by Gasteiger charge is 2.47. The summed E-state index contributed by atoms with van der Waals surface area (Å²) in [5.74, 6) is 0. The lowest BCUT2D eigenvalue weighted by Crippen LogP contribution is -2.61. The van der Waals surface area contributed by atoms with Crippen molar-refractivity contribution in [2.24, 2.45) is 0 Å². The van der Waals surface area contributed by atoms with Gasteiger partial charge < -0.3 is 28.9 Å². The number of nitrogens with zero attached hydrogens (tertiary/aromatic N) is 5. The molecule has 15 aromatic carbocycles. The average molecular weight is 1330 g/mol. The molecule has 2 aliphatic heterocycles. The van der Waals surface area contributed by atoms with Crippen LogP contribution in [0.15, 0.2) is 332 Å². The smallest absolute Gasteiger partial charge is 0.254 e. The van der Waals surface area contributed by atoms with E-state index in [0.29, 0.717) is 0 Å². The van der Waals surface area contributed by atoms with Crippen LogP contribution >= 0.6 is 11.3 Å². The van der Waals surface area contributed by atoms with E-state index in [0.717, 1.165) is 113 Å². The zero-order chi connectivity index (χ0) is 68.5. The van der Waals surface area contributed by atoms with Crippen molar-refractivity contribution in [2.75, 3.05) is 24.5 Å². The lowest BCUT2D eigenvalue weighted by atomic mass is 9.33. The molecule has 0 fully saturated rings. The molecule has 0 unspecified atom stereocenters. The molecule has 0 radical (unpaired) electrons. The van der Waals surface area contributed by atoms with E-state index in [9.17, 15) is 0 Å². The lowest BCUT2D eigenvalue weighted by Gasteiger charge is -2.46. The van der Waals surface area contributed by atoms with Gasteiger partial charge in [-0.25, -0.2) is 0 Å². The normalized spacial score (nSPS) is 12.7. The molecule has 0 bridgehead atoms. The molecule has 102 heavy (non-hydrogen) atoms. The van der Waals surface area contributed by atoms with Crippen molar-refractivity contribution in [3.63, 3.8) is 0 Å². The topological polar surface area (TPSA) is 29.3 Å². The summed E-state index contributed by atoms with van der Waals surface area (Å²) < 4.78 is 9.05. The molecule has 17 aromatic rings. The van der Waals surface area contributed by atoms with Crippen LogP contribution < -0.4 is 40.9 Å². The van der Waals surface area contributed by atoms with Crippen LogP contribution in [-0.2, 0) is 10.8 Å². The number of benzene rings is 15. The van der Waals surface area contributed by atoms with Gasteiger partial charge in [0, 0.05) is 105 Å². The second-order valence-corrected chi connectivity index (χ2v) is 30.4. The highest BCUT2D eigenvalue weighted by atomic mass is 32.1. The van der Waals surface area contributed by atoms with E-state index in [1.807, 2.05) is 11.3 Å². The molecule has 0 spiro atoms. The fourth-order valence-electron chi connectivity index (χ4n) is 16.1. The van der Waals surface area contributed by atoms with Gasteiger partial charge in [0.25, 0.3) is 6.71 Å². The molecular weight excluding hydrogens is 1260 g/mol. The Balaban J connectivity index is 0.965. The van der Waals surface area contributed by atoms with Crippen molar-refractivity contribution in [3.8, 4) is 0 Å². The van der Waals surface area contributed by atoms with Crippen LogP contribution in [0.4, 0.5) is 85.3 Å². The summed E-state index contributed by atoms with van der Waals surface area (Å²) >= 11 is 1.92. The van der Waals surface area contributed by atoms with Crippen molar-refractivity contribution < 1.29 is 4.42 Å². The molecule has 0 atom stereocenters. The van der Waals surface area contributed by atoms with E-state index in [1.165, 1.54) is 63.8 Å². The fourth-order valence-corrected chi connectivity index (χ4v) is 17.4. The number of hydrogen-bond donors (Lipinski definition) is 0. The van der Waals surface area contributed by atoms with E-state index in [-0.39, 0.29) is 17.5 Å². The van der Waals surface area contributed by atoms with Crippen molar-refractivity contribution in [1.29, 1.82) is 0 Å². The first kappa shape index (κ1) is 61.0. The van der Waals surface area contributed by atoms with E-state index in [1.54, 1.807) is 0 Å². The molecule has 19 rings (SSSR count). The van der Waals surface area contributed by atoms with Gasteiger partial charge in [-0.2, -0.15) is 0 Å². The molecule has 2 aromatic heterocycles. The Hall–Kier alpha value is -12.1. The highest BCUT2D eigenvalue weighted by Crippen LogP contribution is 2.55. The molecule has 0 saturated heterocycles. The van der Waals surface area contributed by atoms with Crippen molar-refractivity contribution in [3.05, 3.63) is 339 Å². The maximum Gasteiger partial charge on any atom is 0.254 e. The van der Waals surface area contributed by atoms with Gasteiger partial charge in [0.1, 0.15) is 11.2 Å². The maximum atomic E-state index is 6.56. The van der Waals surface area contributed by atoms with Gasteiger partial charge in [0.2, 0.25) is 0 Å². The predicted molar refractivity (Wildman–Crippen MR) is 437 cm³/mol. The first-order chi connectivity index (χ1) is 49.8. The Kier molecular flexibility index (Phi) is 14.2. The zero-order valence-corrected chi connectivity index (χ0v) is 58.6. The molecule has 8 heteroatoms. The minimum absolute atomic E-state index is 0.0866. The van der Waals surface area contributed by atoms with Crippen LogP contribution in [0, 0.1) is 0 Å². The van der Waals surface area contributed by atoms with E-state index in [2.05, 4.69) is 394 Å². The summed E-state index contributed by atoms with van der Waals surface area (Å²) in [4.78, 5) is 12.7. The van der Waals surface area contributed by atoms with Gasteiger partial charge >= 0.3 is 0 Å².